The van der Waals surface area contributed by atoms with Crippen LogP contribution < -0.4 is 15.4 Å². The standard InChI is InChI=1S/C20H17F6N5O2/c21-19(22,23)17-3-1-2-13(28-17)18(32)29-15-8-11-10-31(12-4-6-27-7-5-12)30-14(11)9-16(15)33-20(24,25)26/h1-3,8-10,12,27H,4-7H2,(H,29,32). The maximum Gasteiger partial charge on any atom is 0.573 e. The summed E-state index contributed by atoms with van der Waals surface area (Å²) in [5.41, 5.74) is -2.09. The number of alkyl halides is 6. The number of carbonyl (C=O) groups is 1. The first-order valence-electron chi connectivity index (χ1n) is 9.84. The average molecular weight is 473 g/mol. The summed E-state index contributed by atoms with van der Waals surface area (Å²) in [6, 6.07) is 4.98. The second-order valence-electron chi connectivity index (χ2n) is 7.41. The number of hydrogen-bond donors (Lipinski definition) is 2. The molecule has 3 heterocycles. The van der Waals surface area contributed by atoms with E-state index in [1.165, 1.54) is 6.07 Å². The van der Waals surface area contributed by atoms with E-state index in [4.69, 9.17) is 0 Å². The Balaban J connectivity index is 1.68. The van der Waals surface area contributed by atoms with Gasteiger partial charge in [-0.1, -0.05) is 6.07 Å². The van der Waals surface area contributed by atoms with E-state index in [2.05, 4.69) is 25.5 Å². The summed E-state index contributed by atoms with van der Waals surface area (Å²) >= 11 is 0. The van der Waals surface area contributed by atoms with Gasteiger partial charge in [0.1, 0.15) is 11.4 Å². The van der Waals surface area contributed by atoms with E-state index >= 15 is 0 Å². The third-order valence-electron chi connectivity index (χ3n) is 5.05. The zero-order valence-electron chi connectivity index (χ0n) is 16.8. The minimum Gasteiger partial charge on any atom is -0.403 e. The van der Waals surface area contributed by atoms with Gasteiger partial charge in [0.25, 0.3) is 5.91 Å². The molecule has 2 aromatic heterocycles. The lowest BCUT2D eigenvalue weighted by molar-refractivity contribution is -0.274. The maximum absolute atomic E-state index is 13.0. The smallest absolute Gasteiger partial charge is 0.403 e. The lowest BCUT2D eigenvalue weighted by Crippen LogP contribution is -2.29. The fourth-order valence-electron chi connectivity index (χ4n) is 3.54. The minimum absolute atomic E-state index is 0.0537. The summed E-state index contributed by atoms with van der Waals surface area (Å²) in [7, 11) is 0. The molecular formula is C20H17F6N5O2. The highest BCUT2D eigenvalue weighted by atomic mass is 19.4. The number of hydrogen-bond acceptors (Lipinski definition) is 5. The van der Waals surface area contributed by atoms with Gasteiger partial charge in [-0.05, 0) is 44.1 Å². The van der Waals surface area contributed by atoms with E-state index in [0.717, 1.165) is 44.1 Å². The molecule has 0 atom stereocenters. The van der Waals surface area contributed by atoms with Crippen molar-refractivity contribution in [1.82, 2.24) is 20.1 Å². The number of rotatable bonds is 4. The Labute approximate surface area is 182 Å². The Hall–Kier alpha value is -3.35. The molecule has 33 heavy (non-hydrogen) atoms. The molecule has 0 aliphatic carbocycles. The fraction of sp³-hybridized carbons (Fsp3) is 0.350. The van der Waals surface area contributed by atoms with Gasteiger partial charge < -0.3 is 15.4 Å². The fourth-order valence-corrected chi connectivity index (χ4v) is 3.54. The van der Waals surface area contributed by atoms with Crippen LogP contribution in [0.1, 0.15) is 35.1 Å². The molecule has 0 bridgehead atoms. The van der Waals surface area contributed by atoms with Gasteiger partial charge in [-0.25, -0.2) is 4.98 Å². The Morgan fingerprint density at radius 3 is 2.52 bits per heavy atom. The van der Waals surface area contributed by atoms with Gasteiger partial charge in [0.15, 0.2) is 5.75 Å². The van der Waals surface area contributed by atoms with Crippen LogP contribution in [-0.2, 0) is 6.18 Å². The van der Waals surface area contributed by atoms with Crippen LogP contribution in [0.5, 0.6) is 5.75 Å². The highest BCUT2D eigenvalue weighted by Gasteiger charge is 2.34. The molecule has 0 unspecified atom stereocenters. The number of pyridine rings is 1. The Bertz CT molecular complexity index is 1170. The Kier molecular flexibility index (Phi) is 5.91. The number of carbonyl (C=O) groups excluding carboxylic acids is 1. The van der Waals surface area contributed by atoms with E-state index in [1.54, 1.807) is 10.9 Å². The molecule has 1 saturated heterocycles. The van der Waals surface area contributed by atoms with Crippen LogP contribution in [0.4, 0.5) is 32.0 Å². The van der Waals surface area contributed by atoms with Crippen LogP contribution in [0.3, 0.4) is 0 Å². The number of aromatic nitrogens is 3. The molecule has 0 spiro atoms. The van der Waals surface area contributed by atoms with Crippen LogP contribution in [0.15, 0.2) is 36.5 Å². The molecule has 1 aromatic carbocycles. The third-order valence-corrected chi connectivity index (χ3v) is 5.05. The largest absolute Gasteiger partial charge is 0.573 e. The topological polar surface area (TPSA) is 81.1 Å². The molecule has 1 fully saturated rings. The summed E-state index contributed by atoms with van der Waals surface area (Å²) in [5.74, 6) is -1.87. The number of piperidine rings is 1. The number of amides is 1. The van der Waals surface area contributed by atoms with Crippen LogP contribution >= 0.6 is 0 Å². The molecule has 3 aromatic rings. The quantitative estimate of drug-likeness (QED) is 0.545. The molecule has 1 amide bonds. The molecule has 13 heteroatoms. The normalized spacial score (nSPS) is 15.6. The molecule has 7 nitrogen and oxygen atoms in total. The van der Waals surface area contributed by atoms with E-state index in [0.29, 0.717) is 11.5 Å². The minimum atomic E-state index is -5.07. The summed E-state index contributed by atoms with van der Waals surface area (Å²) in [4.78, 5) is 15.7. The number of nitrogens with one attached hydrogen (secondary N) is 2. The molecule has 0 saturated carbocycles. The lowest BCUT2D eigenvalue weighted by atomic mass is 10.1. The van der Waals surface area contributed by atoms with E-state index < -0.39 is 35.6 Å². The van der Waals surface area contributed by atoms with Gasteiger partial charge in [-0.3, -0.25) is 9.48 Å². The predicted molar refractivity (Wildman–Crippen MR) is 105 cm³/mol. The number of anilines is 1. The highest BCUT2D eigenvalue weighted by Crippen LogP contribution is 2.35. The maximum atomic E-state index is 13.0. The zero-order chi connectivity index (χ0) is 23.8. The van der Waals surface area contributed by atoms with E-state index in [-0.39, 0.29) is 17.2 Å². The van der Waals surface area contributed by atoms with Gasteiger partial charge in [-0.2, -0.15) is 18.3 Å². The number of benzene rings is 1. The van der Waals surface area contributed by atoms with Gasteiger partial charge in [0.05, 0.1) is 17.2 Å². The second kappa shape index (κ2) is 8.54. The summed E-state index contributed by atoms with van der Waals surface area (Å²) < 4.78 is 83.2. The lowest BCUT2D eigenvalue weighted by Gasteiger charge is -2.22. The van der Waals surface area contributed by atoms with Crippen molar-refractivity contribution in [1.29, 1.82) is 0 Å². The van der Waals surface area contributed by atoms with Gasteiger partial charge in [0.2, 0.25) is 0 Å². The Morgan fingerprint density at radius 1 is 1.12 bits per heavy atom. The number of fused-ring (bicyclic) bond motifs is 1. The molecule has 176 valence electrons. The molecule has 1 aliphatic heterocycles. The monoisotopic (exact) mass is 473 g/mol. The van der Waals surface area contributed by atoms with Crippen molar-refractivity contribution in [2.45, 2.75) is 31.4 Å². The molecule has 1 aliphatic rings. The van der Waals surface area contributed by atoms with Crippen molar-refractivity contribution in [3.63, 3.8) is 0 Å². The van der Waals surface area contributed by atoms with Gasteiger partial charge >= 0.3 is 12.5 Å². The molecule has 0 radical (unpaired) electrons. The Morgan fingerprint density at radius 2 is 1.85 bits per heavy atom. The van der Waals surface area contributed by atoms with Crippen LogP contribution in [0.25, 0.3) is 10.9 Å². The van der Waals surface area contributed by atoms with E-state index in [9.17, 15) is 31.1 Å². The average Bonchev–Trinajstić information content (AvgIpc) is 3.16. The summed E-state index contributed by atoms with van der Waals surface area (Å²) in [5, 5.41) is 10.1. The van der Waals surface area contributed by atoms with Crippen molar-refractivity contribution in [2.24, 2.45) is 0 Å². The first kappa shape index (κ1) is 22.8. The zero-order valence-corrected chi connectivity index (χ0v) is 16.8. The second-order valence-corrected chi connectivity index (χ2v) is 7.41. The third kappa shape index (κ3) is 5.35. The van der Waals surface area contributed by atoms with Crippen molar-refractivity contribution in [3.8, 4) is 5.75 Å². The van der Waals surface area contributed by atoms with Crippen molar-refractivity contribution in [2.75, 3.05) is 18.4 Å². The van der Waals surface area contributed by atoms with Crippen molar-refractivity contribution >= 4 is 22.5 Å². The van der Waals surface area contributed by atoms with Crippen molar-refractivity contribution in [3.05, 3.63) is 47.9 Å². The summed E-state index contributed by atoms with van der Waals surface area (Å²) in [6.07, 6.45) is -6.65. The molecule has 4 rings (SSSR count). The van der Waals surface area contributed by atoms with Crippen LogP contribution in [0.2, 0.25) is 0 Å². The van der Waals surface area contributed by atoms with Crippen LogP contribution in [0, 0.1) is 0 Å². The first-order valence-corrected chi connectivity index (χ1v) is 9.84. The molecule has 2 N–H and O–H groups in total. The van der Waals surface area contributed by atoms with E-state index in [1.807, 2.05) is 0 Å². The van der Waals surface area contributed by atoms with Crippen molar-refractivity contribution < 1.29 is 35.9 Å². The number of halogens is 6. The van der Waals surface area contributed by atoms with Crippen LogP contribution in [-0.4, -0.2) is 40.1 Å². The highest BCUT2D eigenvalue weighted by molar-refractivity contribution is 6.05. The van der Waals surface area contributed by atoms with Gasteiger partial charge in [-0.15, -0.1) is 13.2 Å². The summed E-state index contributed by atoms with van der Waals surface area (Å²) in [6.45, 7) is 1.54. The SMILES string of the molecule is O=C(Nc1cc2cn(C3CCNCC3)nc2cc1OC(F)(F)F)c1cccc(C(F)(F)F)n1. The predicted octanol–water partition coefficient (Wildman–Crippen LogP) is 4.53. The molecular weight excluding hydrogens is 456 g/mol. The first-order chi connectivity index (χ1) is 15.5. The number of ether oxygens (including phenoxy) is 1. The number of nitrogens with zero attached hydrogens (tertiary/aromatic N) is 3. The van der Waals surface area contributed by atoms with Gasteiger partial charge in [0, 0.05) is 17.6 Å².